The third kappa shape index (κ3) is 1.40. The van der Waals surface area contributed by atoms with Gasteiger partial charge in [-0.3, -0.25) is 0 Å². The van der Waals surface area contributed by atoms with Crippen LogP contribution >= 0.6 is 11.3 Å². The lowest BCUT2D eigenvalue weighted by Gasteiger charge is -2.20. The van der Waals surface area contributed by atoms with Gasteiger partial charge in [0.25, 0.3) is 0 Å². The summed E-state index contributed by atoms with van der Waals surface area (Å²) < 4.78 is 0. The molecule has 0 amide bonds. The molecule has 2 aromatic heterocycles. The molecule has 2 heterocycles. The second kappa shape index (κ2) is 3.42. The third-order valence-corrected chi connectivity index (χ3v) is 5.25. The van der Waals surface area contributed by atoms with Crippen molar-refractivity contribution in [2.24, 2.45) is 11.8 Å². The van der Waals surface area contributed by atoms with Crippen LogP contribution in [0.15, 0.2) is 11.4 Å². The molecule has 17 heavy (non-hydrogen) atoms. The average Bonchev–Trinajstić information content (AvgIpc) is 3.04. The fourth-order valence-electron chi connectivity index (χ4n) is 3.62. The summed E-state index contributed by atoms with van der Waals surface area (Å²) in [5, 5.41) is 3.06. The zero-order valence-corrected chi connectivity index (χ0v) is 10.4. The topological polar surface area (TPSA) is 51.8 Å². The van der Waals surface area contributed by atoms with Crippen molar-refractivity contribution in [1.29, 1.82) is 0 Å². The number of nitrogens with zero attached hydrogens (tertiary/aromatic N) is 2. The zero-order valence-electron chi connectivity index (χ0n) is 9.60. The van der Waals surface area contributed by atoms with E-state index in [1.165, 1.54) is 25.7 Å². The molecule has 2 N–H and O–H groups in total. The van der Waals surface area contributed by atoms with E-state index in [0.29, 0.717) is 11.7 Å². The van der Waals surface area contributed by atoms with Gasteiger partial charge in [0.2, 0.25) is 0 Å². The predicted molar refractivity (Wildman–Crippen MR) is 70.0 cm³/mol. The van der Waals surface area contributed by atoms with Gasteiger partial charge in [0.1, 0.15) is 16.5 Å². The van der Waals surface area contributed by atoms with Gasteiger partial charge in [0.15, 0.2) is 0 Å². The first-order valence-electron chi connectivity index (χ1n) is 6.32. The molecule has 0 saturated heterocycles. The summed E-state index contributed by atoms with van der Waals surface area (Å²) in [6.45, 7) is 0. The van der Waals surface area contributed by atoms with Crippen LogP contribution in [-0.4, -0.2) is 9.97 Å². The first-order valence-corrected chi connectivity index (χ1v) is 7.20. The van der Waals surface area contributed by atoms with E-state index in [1.54, 1.807) is 11.3 Å². The number of hydrogen-bond donors (Lipinski definition) is 1. The Morgan fingerprint density at radius 2 is 2.18 bits per heavy atom. The highest BCUT2D eigenvalue weighted by Gasteiger charge is 2.41. The maximum Gasteiger partial charge on any atom is 0.135 e. The van der Waals surface area contributed by atoms with Crippen molar-refractivity contribution in [2.45, 2.75) is 31.6 Å². The van der Waals surface area contributed by atoms with Crippen LogP contribution in [0.25, 0.3) is 10.2 Å². The Balaban J connectivity index is 1.80. The molecular formula is C13H15N3S. The van der Waals surface area contributed by atoms with Gasteiger partial charge in [-0.25, -0.2) is 9.97 Å². The third-order valence-electron chi connectivity index (χ3n) is 4.44. The minimum Gasteiger partial charge on any atom is -0.383 e. The van der Waals surface area contributed by atoms with Gasteiger partial charge in [0.05, 0.1) is 5.39 Å². The highest BCUT2D eigenvalue weighted by molar-refractivity contribution is 7.16. The molecule has 3 unspecified atom stereocenters. The number of nitrogens with two attached hydrogens (primary N) is 1. The summed E-state index contributed by atoms with van der Waals surface area (Å²) in [7, 11) is 0. The molecule has 2 saturated carbocycles. The molecule has 0 aromatic carbocycles. The highest BCUT2D eigenvalue weighted by atomic mass is 32.1. The van der Waals surface area contributed by atoms with Crippen LogP contribution in [0, 0.1) is 11.8 Å². The zero-order chi connectivity index (χ0) is 11.4. The number of hydrogen-bond acceptors (Lipinski definition) is 4. The molecule has 2 aliphatic carbocycles. The van der Waals surface area contributed by atoms with Crippen LogP contribution in [-0.2, 0) is 0 Å². The van der Waals surface area contributed by atoms with Gasteiger partial charge >= 0.3 is 0 Å². The number of fused-ring (bicyclic) bond motifs is 3. The monoisotopic (exact) mass is 245 g/mol. The number of rotatable bonds is 1. The average molecular weight is 245 g/mol. The molecule has 0 radical (unpaired) electrons. The first kappa shape index (κ1) is 9.83. The van der Waals surface area contributed by atoms with Crippen LogP contribution < -0.4 is 5.73 Å². The molecule has 88 valence electrons. The van der Waals surface area contributed by atoms with E-state index in [0.717, 1.165) is 27.9 Å². The van der Waals surface area contributed by atoms with Crippen LogP contribution in [0.1, 0.15) is 37.4 Å². The van der Waals surface area contributed by atoms with E-state index in [1.807, 2.05) is 11.4 Å². The van der Waals surface area contributed by atoms with E-state index >= 15 is 0 Å². The molecule has 2 bridgehead atoms. The summed E-state index contributed by atoms with van der Waals surface area (Å²) in [4.78, 5) is 10.3. The Morgan fingerprint density at radius 3 is 2.94 bits per heavy atom. The van der Waals surface area contributed by atoms with E-state index in [4.69, 9.17) is 10.7 Å². The lowest BCUT2D eigenvalue weighted by atomic mass is 9.88. The van der Waals surface area contributed by atoms with Crippen LogP contribution in [0.4, 0.5) is 5.82 Å². The normalized spacial score (nSPS) is 31.4. The smallest absolute Gasteiger partial charge is 0.135 e. The van der Waals surface area contributed by atoms with Crippen molar-refractivity contribution in [3.8, 4) is 0 Å². The SMILES string of the molecule is Nc1nc(C2CC3CCC2C3)nc2sccc12. The molecular weight excluding hydrogens is 230 g/mol. The molecule has 2 aromatic rings. The number of thiophene rings is 1. The van der Waals surface area contributed by atoms with Crippen molar-refractivity contribution in [2.75, 3.05) is 5.73 Å². The summed E-state index contributed by atoms with van der Waals surface area (Å²) in [5.74, 6) is 3.98. The Hall–Kier alpha value is -1.16. The Labute approximate surface area is 104 Å². The van der Waals surface area contributed by atoms with Crippen molar-refractivity contribution < 1.29 is 0 Å². The standard InChI is InChI=1S/C13H15N3S/c14-11-9-3-4-17-13(9)16-12(15-11)10-6-7-1-2-8(10)5-7/h3-4,7-8,10H,1-2,5-6H2,(H2,14,15,16). The molecule has 0 aliphatic heterocycles. The Kier molecular flexibility index (Phi) is 1.98. The molecule has 2 aliphatic rings. The maximum absolute atomic E-state index is 6.02. The van der Waals surface area contributed by atoms with E-state index in [9.17, 15) is 0 Å². The largest absolute Gasteiger partial charge is 0.383 e. The highest BCUT2D eigenvalue weighted by Crippen LogP contribution is 2.52. The summed E-state index contributed by atoms with van der Waals surface area (Å²) >= 11 is 1.66. The summed E-state index contributed by atoms with van der Waals surface area (Å²) in [6.07, 6.45) is 5.44. The minimum absolute atomic E-state index is 0.572. The summed E-state index contributed by atoms with van der Waals surface area (Å²) in [5.41, 5.74) is 6.02. The van der Waals surface area contributed by atoms with Crippen LogP contribution in [0.5, 0.6) is 0 Å². The molecule has 2 fully saturated rings. The predicted octanol–water partition coefficient (Wildman–Crippen LogP) is 3.18. The second-order valence-electron chi connectivity index (χ2n) is 5.39. The first-order chi connectivity index (χ1) is 8.31. The Morgan fingerprint density at radius 1 is 1.24 bits per heavy atom. The molecule has 4 heteroatoms. The van der Waals surface area contributed by atoms with Crippen LogP contribution in [0.3, 0.4) is 0 Å². The fourth-order valence-corrected chi connectivity index (χ4v) is 4.40. The second-order valence-corrected chi connectivity index (χ2v) is 6.28. The van der Waals surface area contributed by atoms with Gasteiger partial charge in [-0.05, 0) is 42.5 Å². The number of anilines is 1. The van der Waals surface area contributed by atoms with Gasteiger partial charge in [-0.2, -0.15) is 0 Å². The van der Waals surface area contributed by atoms with Gasteiger partial charge in [-0.1, -0.05) is 6.42 Å². The lowest BCUT2D eigenvalue weighted by molar-refractivity contribution is 0.406. The lowest BCUT2D eigenvalue weighted by Crippen LogP contribution is -2.13. The molecule has 3 atom stereocenters. The molecule has 3 nitrogen and oxygen atoms in total. The van der Waals surface area contributed by atoms with Crippen molar-refractivity contribution >= 4 is 27.4 Å². The molecule has 0 spiro atoms. The quantitative estimate of drug-likeness (QED) is 0.839. The van der Waals surface area contributed by atoms with Gasteiger partial charge in [-0.15, -0.1) is 11.3 Å². The fraction of sp³-hybridized carbons (Fsp3) is 0.538. The minimum atomic E-state index is 0.572. The summed E-state index contributed by atoms with van der Waals surface area (Å²) in [6, 6.07) is 2.01. The van der Waals surface area contributed by atoms with Crippen molar-refractivity contribution in [3.63, 3.8) is 0 Å². The Bertz CT molecular complexity index is 577. The molecule has 4 rings (SSSR count). The van der Waals surface area contributed by atoms with Crippen LogP contribution in [0.2, 0.25) is 0 Å². The van der Waals surface area contributed by atoms with E-state index < -0.39 is 0 Å². The maximum atomic E-state index is 6.02. The number of aromatic nitrogens is 2. The van der Waals surface area contributed by atoms with Crippen molar-refractivity contribution in [3.05, 3.63) is 17.3 Å². The number of nitrogen functional groups attached to an aromatic ring is 1. The van der Waals surface area contributed by atoms with E-state index in [-0.39, 0.29) is 0 Å². The van der Waals surface area contributed by atoms with E-state index in [2.05, 4.69) is 4.98 Å². The van der Waals surface area contributed by atoms with Gasteiger partial charge < -0.3 is 5.73 Å². The van der Waals surface area contributed by atoms with Gasteiger partial charge in [0, 0.05) is 5.92 Å². The van der Waals surface area contributed by atoms with Crippen molar-refractivity contribution in [1.82, 2.24) is 9.97 Å².